The molecule has 0 aromatic rings. The molecule has 9 heteroatoms. The van der Waals surface area contributed by atoms with Crippen LogP contribution in [0.25, 0.3) is 0 Å². The maximum absolute atomic E-state index is 11.3. The summed E-state index contributed by atoms with van der Waals surface area (Å²) < 4.78 is 17.3. The van der Waals surface area contributed by atoms with E-state index in [1.165, 1.54) is 12.5 Å². The highest BCUT2D eigenvalue weighted by Crippen LogP contribution is 2.52. The van der Waals surface area contributed by atoms with E-state index in [2.05, 4.69) is 31.4 Å². The summed E-state index contributed by atoms with van der Waals surface area (Å²) in [5.74, 6) is 0.727. The van der Waals surface area contributed by atoms with Gasteiger partial charge in [0.05, 0.1) is 5.60 Å². The fourth-order valence-corrected chi connectivity index (χ4v) is 6.51. The Bertz CT molecular complexity index is 828. The molecule has 2 aliphatic carbocycles. The number of carbonyl (C=O) groups excluding carboxylic acids is 1. The number of carbonyl (C=O) groups is 1. The molecule has 2 fully saturated rings. The van der Waals surface area contributed by atoms with Crippen molar-refractivity contribution >= 4 is 5.97 Å². The van der Waals surface area contributed by atoms with Crippen LogP contribution in [0.15, 0.2) is 23.8 Å². The number of hydrogen-bond acceptors (Lipinski definition) is 9. The fourth-order valence-electron chi connectivity index (χ4n) is 6.51. The normalized spacial score (nSPS) is 39.8. The Labute approximate surface area is 220 Å². The van der Waals surface area contributed by atoms with Crippen molar-refractivity contribution < 1.29 is 44.5 Å². The average molecular weight is 527 g/mol. The molecule has 0 amide bonds. The predicted molar refractivity (Wildman–Crippen MR) is 136 cm³/mol. The Morgan fingerprint density at radius 1 is 1.19 bits per heavy atom. The van der Waals surface area contributed by atoms with Crippen LogP contribution >= 0.6 is 0 Å². The zero-order chi connectivity index (χ0) is 27.5. The van der Waals surface area contributed by atoms with Crippen LogP contribution in [0, 0.1) is 23.7 Å². The van der Waals surface area contributed by atoms with Gasteiger partial charge in [0.2, 0.25) is 0 Å². The van der Waals surface area contributed by atoms with E-state index in [0.29, 0.717) is 18.3 Å². The van der Waals surface area contributed by atoms with Gasteiger partial charge >= 0.3 is 5.97 Å². The van der Waals surface area contributed by atoms with Gasteiger partial charge in [-0.3, -0.25) is 10.1 Å². The molecule has 1 aliphatic heterocycles. The minimum absolute atomic E-state index is 0.176. The molecule has 1 unspecified atom stereocenters. The molecule has 11 atom stereocenters. The van der Waals surface area contributed by atoms with E-state index >= 15 is 0 Å². The molecule has 3 rings (SSSR count). The number of esters is 1. The summed E-state index contributed by atoms with van der Waals surface area (Å²) in [4.78, 5) is 15.9. The highest BCUT2D eigenvalue weighted by atomic mass is 17.1. The number of ether oxygens (including phenoxy) is 3. The maximum atomic E-state index is 11.3. The first-order valence-electron chi connectivity index (χ1n) is 13.5. The zero-order valence-electron chi connectivity index (χ0n) is 22.8. The molecule has 9 nitrogen and oxygen atoms in total. The zero-order valence-corrected chi connectivity index (χ0v) is 22.8. The highest BCUT2D eigenvalue weighted by molar-refractivity contribution is 5.65. The smallest absolute Gasteiger partial charge is 0.302 e. The van der Waals surface area contributed by atoms with E-state index < -0.39 is 42.3 Å². The van der Waals surface area contributed by atoms with Gasteiger partial charge in [0, 0.05) is 6.92 Å². The molecule has 0 aromatic carbocycles. The van der Waals surface area contributed by atoms with Crippen molar-refractivity contribution in [3.05, 3.63) is 23.8 Å². The first-order chi connectivity index (χ1) is 17.4. The molecule has 0 spiro atoms. The monoisotopic (exact) mass is 526 g/mol. The van der Waals surface area contributed by atoms with E-state index in [1.54, 1.807) is 0 Å². The largest absolute Gasteiger partial charge is 0.463 e. The summed E-state index contributed by atoms with van der Waals surface area (Å²) in [5.41, 5.74) is 1.54. The quantitative estimate of drug-likeness (QED) is 0.146. The van der Waals surface area contributed by atoms with Crippen molar-refractivity contribution in [3.63, 3.8) is 0 Å². The van der Waals surface area contributed by atoms with Crippen molar-refractivity contribution in [2.45, 2.75) is 116 Å². The second kappa shape index (κ2) is 12.7. The third-order valence-electron chi connectivity index (χ3n) is 8.84. The number of aliphatic hydroxyl groups is 3. The highest BCUT2D eigenvalue weighted by Gasteiger charge is 2.53. The van der Waals surface area contributed by atoms with E-state index in [0.717, 1.165) is 37.7 Å². The Morgan fingerprint density at radius 2 is 1.89 bits per heavy atom. The van der Waals surface area contributed by atoms with Gasteiger partial charge in [-0.1, -0.05) is 25.2 Å². The first-order valence-corrected chi connectivity index (χ1v) is 13.5. The van der Waals surface area contributed by atoms with Crippen molar-refractivity contribution in [2.75, 3.05) is 6.61 Å². The molecule has 0 aromatic heterocycles. The predicted octanol–water partition coefficient (Wildman–Crippen LogP) is 3.37. The lowest BCUT2D eigenvalue weighted by Gasteiger charge is -2.54. The summed E-state index contributed by atoms with van der Waals surface area (Å²) >= 11 is 0. The molecule has 37 heavy (non-hydrogen) atoms. The molecule has 4 N–H and O–H groups in total. The number of aliphatic hydroxyl groups excluding tert-OH is 3. The average Bonchev–Trinajstić information content (AvgIpc) is 2.83. The maximum Gasteiger partial charge on any atom is 0.302 e. The summed E-state index contributed by atoms with van der Waals surface area (Å²) in [7, 11) is 0. The van der Waals surface area contributed by atoms with Crippen LogP contribution in [0.4, 0.5) is 0 Å². The Morgan fingerprint density at radius 3 is 2.51 bits per heavy atom. The lowest BCUT2D eigenvalue weighted by Crippen LogP contribution is -2.62. The van der Waals surface area contributed by atoms with E-state index in [1.807, 2.05) is 13.8 Å². The van der Waals surface area contributed by atoms with Gasteiger partial charge in [0.1, 0.15) is 37.1 Å². The third-order valence-corrected chi connectivity index (χ3v) is 8.84. The van der Waals surface area contributed by atoms with Crippen molar-refractivity contribution in [3.8, 4) is 0 Å². The van der Waals surface area contributed by atoms with Crippen LogP contribution in [-0.4, -0.2) is 75.6 Å². The Kier molecular flexibility index (Phi) is 10.4. The number of hydrogen-bond donors (Lipinski definition) is 4. The van der Waals surface area contributed by atoms with Crippen LogP contribution < -0.4 is 0 Å². The SMILES string of the molecule is C=C(C)C(CC[C@@H](C)[C@@H]1CC[C@](C)(O[C@@H]2O[C@H](COC(C)=O)[C@H](O)[C@H](O)[C@H]2O)[C@H]2CCC(C)=C[C@@H]12)OO. The number of allylic oxidation sites excluding steroid dienone is 2. The van der Waals surface area contributed by atoms with Crippen molar-refractivity contribution in [1.29, 1.82) is 0 Å². The van der Waals surface area contributed by atoms with Gasteiger partial charge in [-0.25, -0.2) is 4.89 Å². The van der Waals surface area contributed by atoms with Crippen LogP contribution in [-0.2, 0) is 23.9 Å². The van der Waals surface area contributed by atoms with Gasteiger partial charge in [-0.05, 0) is 88.5 Å². The molecular weight excluding hydrogens is 480 g/mol. The van der Waals surface area contributed by atoms with Gasteiger partial charge in [-0.15, -0.1) is 0 Å². The minimum Gasteiger partial charge on any atom is -0.463 e. The van der Waals surface area contributed by atoms with Crippen LogP contribution in [0.2, 0.25) is 0 Å². The number of rotatable bonds is 10. The van der Waals surface area contributed by atoms with E-state index in [9.17, 15) is 25.4 Å². The standard InChI is InChI=1S/C28H46O9/c1-15(2)22(37-33)10-8-17(4)19-11-12-28(6,21-9-7-16(3)13-20(19)21)36-27-26(32)25(31)24(30)23(35-27)14-34-18(5)29/h13,17,19-27,30-33H,1,7-12,14H2,2-6H3/t17-,19+,20+,21+,22?,23-,24+,25+,26-,27+,28+/m1/s1. The summed E-state index contributed by atoms with van der Waals surface area (Å²) in [6.45, 7) is 13.2. The lowest BCUT2D eigenvalue weighted by molar-refractivity contribution is -0.337. The number of fused-ring (bicyclic) bond motifs is 1. The Hall–Kier alpha value is -1.33. The van der Waals surface area contributed by atoms with Crippen molar-refractivity contribution in [2.24, 2.45) is 23.7 Å². The Balaban J connectivity index is 1.75. The summed E-state index contributed by atoms with van der Waals surface area (Å²) in [6.07, 6.45) is 0.641. The van der Waals surface area contributed by atoms with Gasteiger partial charge < -0.3 is 29.5 Å². The molecule has 1 saturated heterocycles. The van der Waals surface area contributed by atoms with Crippen LogP contribution in [0.1, 0.15) is 73.1 Å². The third kappa shape index (κ3) is 7.01. The van der Waals surface area contributed by atoms with E-state index in [-0.39, 0.29) is 24.5 Å². The molecule has 1 heterocycles. The molecule has 0 bridgehead atoms. The molecule has 3 aliphatic rings. The van der Waals surface area contributed by atoms with Crippen molar-refractivity contribution in [1.82, 2.24) is 0 Å². The first kappa shape index (κ1) is 30.2. The second-order valence-electron chi connectivity index (χ2n) is 11.7. The van der Waals surface area contributed by atoms with Gasteiger partial charge in [-0.2, -0.15) is 0 Å². The van der Waals surface area contributed by atoms with Crippen LogP contribution in [0.3, 0.4) is 0 Å². The van der Waals surface area contributed by atoms with E-state index in [4.69, 9.17) is 14.2 Å². The van der Waals surface area contributed by atoms with Gasteiger partial charge in [0.25, 0.3) is 0 Å². The summed E-state index contributed by atoms with van der Waals surface area (Å²) in [6, 6.07) is 0. The molecular formula is C28H46O9. The molecule has 1 saturated carbocycles. The second-order valence-corrected chi connectivity index (χ2v) is 11.7. The lowest BCUT2D eigenvalue weighted by atomic mass is 9.57. The molecule has 0 radical (unpaired) electrons. The van der Waals surface area contributed by atoms with Gasteiger partial charge in [0.15, 0.2) is 6.29 Å². The van der Waals surface area contributed by atoms with Crippen LogP contribution in [0.5, 0.6) is 0 Å². The molecule has 212 valence electrons. The minimum atomic E-state index is -1.49. The topological polar surface area (TPSA) is 135 Å². The summed E-state index contributed by atoms with van der Waals surface area (Å²) in [5, 5.41) is 40.7. The fraction of sp³-hybridized carbons (Fsp3) is 0.821.